The predicted octanol–water partition coefficient (Wildman–Crippen LogP) is 3.45. The topological polar surface area (TPSA) is 94.5 Å². The van der Waals surface area contributed by atoms with Gasteiger partial charge < -0.3 is 13.9 Å². The zero-order valence-corrected chi connectivity index (χ0v) is 16.3. The number of oxime groups is 1. The van der Waals surface area contributed by atoms with Crippen LogP contribution in [0.5, 0.6) is 0 Å². The van der Waals surface area contributed by atoms with Crippen molar-refractivity contribution in [3.05, 3.63) is 47.2 Å². The third-order valence-corrected chi connectivity index (χ3v) is 5.91. The molecule has 0 N–H and O–H groups in total. The second-order valence-electron chi connectivity index (χ2n) is 5.59. The van der Waals surface area contributed by atoms with Crippen molar-refractivity contribution in [2.45, 2.75) is 20.3 Å². The number of carbonyl (C=O) groups excluding carboxylic acids is 2. The maximum Gasteiger partial charge on any atom is 0.330 e. The highest BCUT2D eigenvalue weighted by Gasteiger charge is 2.35. The van der Waals surface area contributed by atoms with Gasteiger partial charge in [-0.1, -0.05) is 17.3 Å². The van der Waals surface area contributed by atoms with Crippen molar-refractivity contribution in [1.29, 1.82) is 0 Å². The van der Waals surface area contributed by atoms with Crippen LogP contribution in [0.1, 0.15) is 41.0 Å². The minimum Gasteiger partial charge on any atom is -0.360 e. The molecule has 1 aliphatic rings. The molecule has 0 aromatic heterocycles. The summed E-state index contributed by atoms with van der Waals surface area (Å²) in [5, 5.41) is 3.37. The van der Waals surface area contributed by atoms with Crippen LogP contribution in [0.2, 0.25) is 0 Å². The molecule has 9 heteroatoms. The van der Waals surface area contributed by atoms with Crippen molar-refractivity contribution in [2.24, 2.45) is 5.16 Å². The summed E-state index contributed by atoms with van der Waals surface area (Å²) in [6, 6.07) is 6.61. The number of rotatable bonds is 11. The molecule has 0 saturated heterocycles. The molecule has 0 bridgehead atoms. The van der Waals surface area contributed by atoms with Crippen LogP contribution < -0.4 is 0 Å². The van der Waals surface area contributed by atoms with E-state index in [9.17, 15) is 14.2 Å². The standard InChI is InChI=1S/C18H23N2O6P/c1-4-24-27(23,25-5-2)12-8-9-14(26-19-3)13-20-17(21)15-10-6-7-11-16(15)18(20)22/h6-7,9-11H,3-5,8,12-13H2,1-2H3/b14-9-. The SMILES string of the molecule is C=NO/C(=C\CCP(=O)(OCC)OCC)CN1C(=O)c2ccccc2C1=O. The molecule has 0 fully saturated rings. The average Bonchev–Trinajstić information content (AvgIpc) is 2.87. The smallest absolute Gasteiger partial charge is 0.330 e. The lowest BCUT2D eigenvalue weighted by atomic mass is 10.1. The van der Waals surface area contributed by atoms with E-state index in [0.717, 1.165) is 4.90 Å². The lowest BCUT2D eigenvalue weighted by Crippen LogP contribution is -2.32. The van der Waals surface area contributed by atoms with Crippen LogP contribution in [0, 0.1) is 0 Å². The first kappa shape index (κ1) is 21.0. The van der Waals surface area contributed by atoms with Gasteiger partial charge in [0.25, 0.3) is 11.8 Å². The Kier molecular flexibility index (Phi) is 7.47. The van der Waals surface area contributed by atoms with Crippen molar-refractivity contribution < 1.29 is 28.0 Å². The molecule has 8 nitrogen and oxygen atoms in total. The molecule has 1 aliphatic heterocycles. The number of carbonyl (C=O) groups is 2. The van der Waals surface area contributed by atoms with Gasteiger partial charge >= 0.3 is 7.60 Å². The van der Waals surface area contributed by atoms with E-state index in [1.54, 1.807) is 44.2 Å². The van der Waals surface area contributed by atoms with Crippen LogP contribution >= 0.6 is 7.60 Å². The van der Waals surface area contributed by atoms with E-state index < -0.39 is 19.4 Å². The van der Waals surface area contributed by atoms with E-state index in [1.165, 1.54) is 0 Å². The van der Waals surface area contributed by atoms with Crippen molar-refractivity contribution in [3.8, 4) is 0 Å². The summed E-state index contributed by atoms with van der Waals surface area (Å²) < 4.78 is 22.9. The van der Waals surface area contributed by atoms with Gasteiger partial charge in [-0.2, -0.15) is 0 Å². The average molecular weight is 394 g/mol. The Morgan fingerprint density at radius 2 is 1.70 bits per heavy atom. The summed E-state index contributed by atoms with van der Waals surface area (Å²) in [4.78, 5) is 31.1. The minimum atomic E-state index is -3.20. The van der Waals surface area contributed by atoms with Crippen molar-refractivity contribution >= 4 is 26.1 Å². The first-order valence-corrected chi connectivity index (χ1v) is 10.3. The second-order valence-corrected chi connectivity index (χ2v) is 7.78. The number of imide groups is 1. The molecule has 27 heavy (non-hydrogen) atoms. The normalized spacial score (nSPS) is 14.4. The van der Waals surface area contributed by atoms with Gasteiger partial charge in [0.2, 0.25) is 0 Å². The summed E-state index contributed by atoms with van der Waals surface area (Å²) in [6.07, 6.45) is 2.04. The molecule has 0 saturated carbocycles. The summed E-state index contributed by atoms with van der Waals surface area (Å²) in [6.45, 7) is 7.18. The highest BCUT2D eigenvalue weighted by molar-refractivity contribution is 7.53. The minimum absolute atomic E-state index is 0.0983. The lowest BCUT2D eigenvalue weighted by Gasteiger charge is -2.17. The zero-order chi connectivity index (χ0) is 19.9. The third kappa shape index (κ3) is 5.13. The van der Waals surface area contributed by atoms with Crippen LogP contribution in [0.4, 0.5) is 0 Å². The summed E-state index contributed by atoms with van der Waals surface area (Å²) >= 11 is 0. The molecule has 0 aliphatic carbocycles. The molecular formula is C18H23N2O6P. The molecule has 1 heterocycles. The maximum absolute atomic E-state index is 12.5. The molecule has 2 amide bonds. The van der Waals surface area contributed by atoms with Crippen LogP contribution in [0.25, 0.3) is 0 Å². The molecule has 1 aromatic carbocycles. The predicted molar refractivity (Wildman–Crippen MR) is 101 cm³/mol. The Hall–Kier alpha value is -2.28. The molecule has 0 radical (unpaired) electrons. The fourth-order valence-electron chi connectivity index (χ4n) is 2.70. The van der Waals surface area contributed by atoms with Gasteiger partial charge in [-0.3, -0.25) is 19.1 Å². The zero-order valence-electron chi connectivity index (χ0n) is 15.4. The molecule has 146 valence electrons. The van der Waals surface area contributed by atoms with Gasteiger partial charge in [0.1, 0.15) is 0 Å². The molecule has 1 aromatic rings. The van der Waals surface area contributed by atoms with Gasteiger partial charge in [0.15, 0.2) is 5.76 Å². The number of benzene rings is 1. The number of fused-ring (bicyclic) bond motifs is 1. The van der Waals surface area contributed by atoms with E-state index in [2.05, 4.69) is 11.9 Å². The van der Waals surface area contributed by atoms with E-state index in [0.29, 0.717) is 17.5 Å². The number of allylic oxidation sites excluding steroid dienone is 1. The van der Waals surface area contributed by atoms with E-state index in [1.807, 2.05) is 0 Å². The highest BCUT2D eigenvalue weighted by atomic mass is 31.2. The summed E-state index contributed by atoms with van der Waals surface area (Å²) in [7, 11) is -3.20. The van der Waals surface area contributed by atoms with Crippen molar-refractivity contribution in [1.82, 2.24) is 4.90 Å². The van der Waals surface area contributed by atoms with Crippen molar-refractivity contribution in [3.63, 3.8) is 0 Å². The quantitative estimate of drug-likeness (QED) is 0.188. The molecular weight excluding hydrogens is 371 g/mol. The number of hydrogen-bond acceptors (Lipinski definition) is 7. The fourth-order valence-corrected chi connectivity index (χ4v) is 4.26. The van der Waals surface area contributed by atoms with Gasteiger partial charge in [0, 0.05) is 6.72 Å². The van der Waals surface area contributed by atoms with E-state index in [4.69, 9.17) is 13.9 Å². The first-order valence-electron chi connectivity index (χ1n) is 8.61. The Morgan fingerprint density at radius 3 is 2.19 bits per heavy atom. The van der Waals surface area contributed by atoms with Crippen LogP contribution in [0.15, 0.2) is 41.3 Å². The third-order valence-electron chi connectivity index (χ3n) is 3.80. The Balaban J connectivity index is 2.08. The molecule has 2 rings (SSSR count). The van der Waals surface area contributed by atoms with Gasteiger partial charge in [0.05, 0.1) is 37.0 Å². The van der Waals surface area contributed by atoms with Crippen molar-refractivity contribution in [2.75, 3.05) is 25.9 Å². The largest absolute Gasteiger partial charge is 0.360 e. The van der Waals surface area contributed by atoms with E-state index in [-0.39, 0.29) is 31.7 Å². The monoisotopic (exact) mass is 394 g/mol. The fraction of sp³-hybridized carbons (Fsp3) is 0.389. The Labute approximate surface area is 158 Å². The Morgan fingerprint density at radius 1 is 1.15 bits per heavy atom. The first-order chi connectivity index (χ1) is 13.0. The Bertz CT molecular complexity index is 747. The van der Waals surface area contributed by atoms with E-state index >= 15 is 0 Å². The summed E-state index contributed by atoms with van der Waals surface area (Å²) in [5.41, 5.74) is 0.705. The molecule has 0 spiro atoms. The van der Waals surface area contributed by atoms with Gasteiger partial charge in [-0.25, -0.2) is 0 Å². The van der Waals surface area contributed by atoms with Crippen LogP contribution in [0.3, 0.4) is 0 Å². The maximum atomic E-state index is 12.5. The second kappa shape index (κ2) is 9.60. The molecule has 0 atom stereocenters. The molecule has 0 unspecified atom stereocenters. The van der Waals surface area contributed by atoms with Crippen LogP contribution in [-0.2, 0) is 18.5 Å². The van der Waals surface area contributed by atoms with Gasteiger partial charge in [-0.15, -0.1) is 0 Å². The van der Waals surface area contributed by atoms with Crippen LogP contribution in [-0.4, -0.2) is 49.4 Å². The number of nitrogens with zero attached hydrogens (tertiary/aromatic N) is 2. The summed E-state index contributed by atoms with van der Waals surface area (Å²) in [5.74, 6) is -0.550. The van der Waals surface area contributed by atoms with Gasteiger partial charge in [-0.05, 0) is 38.5 Å². The number of hydrogen-bond donors (Lipinski definition) is 0. The lowest BCUT2D eigenvalue weighted by molar-refractivity contribution is 0.0635. The number of amides is 2. The highest BCUT2D eigenvalue weighted by Crippen LogP contribution is 2.48.